The summed E-state index contributed by atoms with van der Waals surface area (Å²) in [5.74, 6) is -0.152. The number of nitrogens with zero attached hydrogens (tertiary/aromatic N) is 4. The van der Waals surface area contributed by atoms with E-state index in [1.54, 1.807) is 6.07 Å². The lowest BCUT2D eigenvalue weighted by Gasteiger charge is -2.08. The maximum absolute atomic E-state index is 12.2. The second-order valence-corrected chi connectivity index (χ2v) is 7.24. The van der Waals surface area contributed by atoms with Gasteiger partial charge in [-0.25, -0.2) is 9.97 Å². The first-order valence-electron chi connectivity index (χ1n) is 8.92. The lowest BCUT2D eigenvalue weighted by Crippen LogP contribution is -2.21. The standard InChI is InChI=1S/C20H18N6O2S/c1-2-22-18(27)15-11-14-17(23-20(21)24-19(14)29-15)16(25-28)12-5-7-13(8-6-12)26-9-3-4-10-26/h3-11,28H,2H2,1H3,(H,22,27)(H2,21,23,24)/b25-16+. The number of thiophene rings is 1. The van der Waals surface area contributed by atoms with Gasteiger partial charge in [0.15, 0.2) is 0 Å². The van der Waals surface area contributed by atoms with Crippen molar-refractivity contribution in [2.24, 2.45) is 5.16 Å². The first-order valence-corrected chi connectivity index (χ1v) is 9.73. The first kappa shape index (κ1) is 18.6. The number of nitrogens with one attached hydrogen (secondary N) is 1. The summed E-state index contributed by atoms with van der Waals surface area (Å²) in [5, 5.41) is 16.6. The average Bonchev–Trinajstić information content (AvgIpc) is 3.39. The van der Waals surface area contributed by atoms with Crippen LogP contribution in [0.4, 0.5) is 5.95 Å². The number of carbonyl (C=O) groups excluding carboxylic acids is 1. The molecule has 0 atom stereocenters. The average molecular weight is 406 g/mol. The summed E-state index contributed by atoms with van der Waals surface area (Å²) in [4.78, 5) is 21.8. The largest absolute Gasteiger partial charge is 0.410 e. The zero-order valence-electron chi connectivity index (χ0n) is 15.5. The minimum Gasteiger partial charge on any atom is -0.410 e. The summed E-state index contributed by atoms with van der Waals surface area (Å²) < 4.78 is 1.97. The molecule has 0 aliphatic rings. The van der Waals surface area contributed by atoms with Gasteiger partial charge in [0.25, 0.3) is 5.91 Å². The Kier molecular flexibility index (Phi) is 4.96. The molecule has 0 fully saturated rings. The Morgan fingerprint density at radius 3 is 2.62 bits per heavy atom. The monoisotopic (exact) mass is 406 g/mol. The minimum absolute atomic E-state index is 0.0434. The molecule has 1 aromatic carbocycles. The van der Waals surface area contributed by atoms with Crippen LogP contribution in [0.5, 0.6) is 0 Å². The zero-order valence-corrected chi connectivity index (χ0v) is 16.3. The molecule has 0 unspecified atom stereocenters. The van der Waals surface area contributed by atoms with Crippen molar-refractivity contribution in [1.29, 1.82) is 0 Å². The number of aromatic nitrogens is 3. The van der Waals surface area contributed by atoms with Gasteiger partial charge in [-0.3, -0.25) is 4.79 Å². The summed E-state index contributed by atoms with van der Waals surface area (Å²) in [6.45, 7) is 2.37. The molecule has 3 heterocycles. The Morgan fingerprint density at radius 1 is 1.24 bits per heavy atom. The van der Waals surface area contributed by atoms with Crippen LogP contribution in [0.3, 0.4) is 0 Å². The fourth-order valence-electron chi connectivity index (χ4n) is 3.02. The molecule has 0 saturated heterocycles. The molecule has 8 nitrogen and oxygen atoms in total. The molecule has 0 spiro atoms. The molecule has 0 radical (unpaired) electrons. The molecule has 4 aromatic rings. The molecule has 0 bridgehead atoms. The summed E-state index contributed by atoms with van der Waals surface area (Å²) in [7, 11) is 0. The van der Waals surface area contributed by atoms with E-state index in [-0.39, 0.29) is 17.6 Å². The first-order chi connectivity index (χ1) is 14.1. The van der Waals surface area contributed by atoms with Crippen LogP contribution in [0.1, 0.15) is 27.9 Å². The van der Waals surface area contributed by atoms with Crippen LogP contribution in [0, 0.1) is 0 Å². The Labute approximate surface area is 170 Å². The number of anilines is 1. The van der Waals surface area contributed by atoms with Crippen LogP contribution in [-0.4, -0.2) is 37.9 Å². The second-order valence-electron chi connectivity index (χ2n) is 6.21. The lowest BCUT2D eigenvalue weighted by atomic mass is 10.0. The van der Waals surface area contributed by atoms with Crippen molar-refractivity contribution in [3.8, 4) is 5.69 Å². The number of oxime groups is 1. The Hall–Kier alpha value is -3.72. The van der Waals surface area contributed by atoms with Crippen LogP contribution >= 0.6 is 11.3 Å². The van der Waals surface area contributed by atoms with E-state index in [0.717, 1.165) is 5.69 Å². The van der Waals surface area contributed by atoms with Gasteiger partial charge in [-0.05, 0) is 37.3 Å². The highest BCUT2D eigenvalue weighted by molar-refractivity contribution is 7.20. The van der Waals surface area contributed by atoms with Crippen molar-refractivity contribution in [2.75, 3.05) is 12.3 Å². The smallest absolute Gasteiger partial charge is 0.261 e. The summed E-state index contributed by atoms with van der Waals surface area (Å²) in [5.41, 5.74) is 8.13. The van der Waals surface area contributed by atoms with Gasteiger partial charge < -0.3 is 20.8 Å². The predicted molar refractivity (Wildman–Crippen MR) is 113 cm³/mol. The van der Waals surface area contributed by atoms with Gasteiger partial charge in [0.05, 0.1) is 4.88 Å². The highest BCUT2D eigenvalue weighted by Gasteiger charge is 2.19. The zero-order chi connectivity index (χ0) is 20.4. The molecule has 0 saturated carbocycles. The number of nitrogen functional groups attached to an aromatic ring is 1. The van der Waals surface area contributed by atoms with Crippen molar-refractivity contribution in [3.05, 3.63) is 71.0 Å². The fraction of sp³-hybridized carbons (Fsp3) is 0.100. The number of amides is 1. The molecule has 1 amide bonds. The fourth-order valence-corrected chi connectivity index (χ4v) is 3.97. The Bertz CT molecular complexity index is 1200. The number of rotatable bonds is 5. The third-order valence-electron chi connectivity index (χ3n) is 4.34. The summed E-state index contributed by atoms with van der Waals surface area (Å²) in [6, 6.07) is 13.1. The normalized spacial score (nSPS) is 11.7. The van der Waals surface area contributed by atoms with Crippen LogP contribution in [-0.2, 0) is 0 Å². The number of nitrogens with two attached hydrogens (primary N) is 1. The van der Waals surface area contributed by atoms with Crippen molar-refractivity contribution in [1.82, 2.24) is 19.9 Å². The van der Waals surface area contributed by atoms with E-state index < -0.39 is 0 Å². The van der Waals surface area contributed by atoms with Gasteiger partial charge >= 0.3 is 0 Å². The molecule has 146 valence electrons. The molecule has 4 rings (SSSR count). The number of fused-ring (bicyclic) bond motifs is 1. The van der Waals surface area contributed by atoms with E-state index in [2.05, 4.69) is 20.4 Å². The summed E-state index contributed by atoms with van der Waals surface area (Å²) in [6.07, 6.45) is 3.89. The molecule has 4 N–H and O–H groups in total. The Morgan fingerprint density at radius 2 is 1.97 bits per heavy atom. The van der Waals surface area contributed by atoms with Crippen molar-refractivity contribution in [2.45, 2.75) is 6.92 Å². The maximum Gasteiger partial charge on any atom is 0.261 e. The van der Waals surface area contributed by atoms with Crippen molar-refractivity contribution < 1.29 is 10.0 Å². The molecular weight excluding hydrogens is 388 g/mol. The van der Waals surface area contributed by atoms with Crippen molar-refractivity contribution in [3.63, 3.8) is 0 Å². The van der Waals surface area contributed by atoms with E-state index in [9.17, 15) is 10.0 Å². The number of hydrogen-bond donors (Lipinski definition) is 3. The SMILES string of the molecule is CCNC(=O)c1cc2c(/C(=N/O)c3ccc(-n4cccc4)cc3)nc(N)nc2s1. The number of hydrogen-bond acceptors (Lipinski definition) is 7. The van der Waals surface area contributed by atoms with Crippen LogP contribution < -0.4 is 11.1 Å². The highest BCUT2D eigenvalue weighted by atomic mass is 32.1. The molecule has 29 heavy (non-hydrogen) atoms. The van der Waals surface area contributed by atoms with Crippen LogP contribution in [0.15, 0.2) is 60.0 Å². The van der Waals surface area contributed by atoms with E-state index in [4.69, 9.17) is 5.73 Å². The van der Waals surface area contributed by atoms with Crippen LogP contribution in [0.25, 0.3) is 15.9 Å². The third-order valence-corrected chi connectivity index (χ3v) is 5.37. The van der Waals surface area contributed by atoms with Gasteiger partial charge in [0.1, 0.15) is 16.2 Å². The second kappa shape index (κ2) is 7.72. The molecule has 0 aliphatic carbocycles. The number of benzene rings is 1. The quantitative estimate of drug-likeness (QED) is 0.267. The van der Waals surface area contributed by atoms with E-state index in [1.807, 2.05) is 60.3 Å². The maximum atomic E-state index is 12.2. The third kappa shape index (κ3) is 3.55. The van der Waals surface area contributed by atoms with Gasteiger partial charge in [-0.2, -0.15) is 0 Å². The summed E-state index contributed by atoms with van der Waals surface area (Å²) >= 11 is 1.21. The van der Waals surface area contributed by atoms with Crippen LogP contribution in [0.2, 0.25) is 0 Å². The van der Waals surface area contributed by atoms with E-state index >= 15 is 0 Å². The van der Waals surface area contributed by atoms with Gasteiger partial charge in [-0.15, -0.1) is 11.3 Å². The lowest BCUT2D eigenvalue weighted by molar-refractivity contribution is 0.0960. The molecule has 0 aliphatic heterocycles. The van der Waals surface area contributed by atoms with Gasteiger partial charge in [0, 0.05) is 35.6 Å². The van der Waals surface area contributed by atoms with Gasteiger partial charge in [0.2, 0.25) is 5.95 Å². The van der Waals surface area contributed by atoms with E-state index in [1.165, 1.54) is 11.3 Å². The van der Waals surface area contributed by atoms with Gasteiger partial charge in [-0.1, -0.05) is 17.3 Å². The van der Waals surface area contributed by atoms with Crippen molar-refractivity contribution >= 4 is 39.1 Å². The Balaban J connectivity index is 1.78. The topological polar surface area (TPSA) is 118 Å². The number of carbonyl (C=O) groups is 1. The molecule has 9 heteroatoms. The highest BCUT2D eigenvalue weighted by Crippen LogP contribution is 2.28. The molecule has 3 aromatic heterocycles. The molecular formula is C20H18N6O2S. The minimum atomic E-state index is -0.196. The predicted octanol–water partition coefficient (Wildman–Crippen LogP) is 3.04. The van der Waals surface area contributed by atoms with E-state index in [0.29, 0.717) is 32.9 Å².